The third-order valence-electron chi connectivity index (χ3n) is 4.48. The van der Waals surface area contributed by atoms with Crippen LogP contribution in [-0.2, 0) is 4.79 Å². The van der Waals surface area contributed by atoms with Gasteiger partial charge in [0.05, 0.1) is 0 Å². The van der Waals surface area contributed by atoms with Gasteiger partial charge in [-0.05, 0) is 37.6 Å². The average molecular weight is 283 g/mol. The number of piperidine rings is 1. The summed E-state index contributed by atoms with van der Waals surface area (Å²) < 4.78 is 0. The first kappa shape index (κ1) is 15.1. The molecule has 20 heavy (non-hydrogen) atoms. The summed E-state index contributed by atoms with van der Waals surface area (Å²) in [5.74, 6) is -0.0810. The molecule has 2 amide bonds. The fraction of sp³-hybridized carbons (Fsp3) is 0.857. The summed E-state index contributed by atoms with van der Waals surface area (Å²) in [6.07, 6.45) is 6.09. The molecule has 2 rings (SSSR count). The van der Waals surface area contributed by atoms with Gasteiger partial charge in [-0.3, -0.25) is 4.79 Å². The lowest BCUT2D eigenvalue weighted by Crippen LogP contribution is -2.53. The van der Waals surface area contributed by atoms with E-state index in [9.17, 15) is 9.59 Å². The van der Waals surface area contributed by atoms with Crippen molar-refractivity contribution < 1.29 is 14.7 Å². The summed E-state index contributed by atoms with van der Waals surface area (Å²) in [6, 6.07) is -0.283. The van der Waals surface area contributed by atoms with Crippen LogP contribution in [0.4, 0.5) is 4.79 Å². The Morgan fingerprint density at radius 3 is 2.50 bits per heavy atom. The number of carboxylic acids is 1. The largest absolute Gasteiger partial charge is 0.481 e. The Morgan fingerprint density at radius 2 is 1.90 bits per heavy atom. The van der Waals surface area contributed by atoms with Crippen molar-refractivity contribution in [3.8, 4) is 0 Å². The van der Waals surface area contributed by atoms with Gasteiger partial charge in [0, 0.05) is 25.6 Å². The van der Waals surface area contributed by atoms with Crippen LogP contribution in [0.25, 0.3) is 0 Å². The molecule has 2 aliphatic rings. The standard InChI is InChI=1S/C14H25N3O3/c15-14(20)17-8-11(6-13(18)19)5-12(9-17)16-7-10-3-1-2-4-10/h10-12,16H,1-9H2,(H2,15,20)(H,18,19). The van der Waals surface area contributed by atoms with Crippen molar-refractivity contribution >= 4 is 12.0 Å². The number of carboxylic acid groups (broad SMARTS) is 1. The fourth-order valence-electron chi connectivity index (χ4n) is 3.47. The minimum atomic E-state index is -0.809. The molecule has 0 bridgehead atoms. The highest BCUT2D eigenvalue weighted by Gasteiger charge is 2.30. The number of hydrogen-bond acceptors (Lipinski definition) is 3. The highest BCUT2D eigenvalue weighted by Crippen LogP contribution is 2.25. The third-order valence-corrected chi connectivity index (χ3v) is 4.48. The zero-order valence-electron chi connectivity index (χ0n) is 11.9. The van der Waals surface area contributed by atoms with E-state index in [1.807, 2.05) is 0 Å². The number of carbonyl (C=O) groups excluding carboxylic acids is 1. The third kappa shape index (κ3) is 4.37. The summed E-state index contributed by atoms with van der Waals surface area (Å²) in [6.45, 7) is 2.03. The molecule has 0 aromatic heterocycles. The molecule has 1 saturated carbocycles. The minimum absolute atomic E-state index is 0.00479. The topological polar surface area (TPSA) is 95.7 Å². The van der Waals surface area contributed by atoms with Crippen LogP contribution in [0.5, 0.6) is 0 Å². The van der Waals surface area contributed by atoms with Crippen LogP contribution in [0, 0.1) is 11.8 Å². The Balaban J connectivity index is 1.85. The van der Waals surface area contributed by atoms with E-state index in [0.717, 1.165) is 18.9 Å². The van der Waals surface area contributed by atoms with Gasteiger partial charge in [0.2, 0.25) is 0 Å². The lowest BCUT2D eigenvalue weighted by atomic mass is 9.91. The molecule has 114 valence electrons. The maximum atomic E-state index is 11.4. The first-order valence-corrected chi connectivity index (χ1v) is 7.54. The van der Waals surface area contributed by atoms with Crippen LogP contribution >= 0.6 is 0 Å². The monoisotopic (exact) mass is 283 g/mol. The Hall–Kier alpha value is -1.30. The fourth-order valence-corrected chi connectivity index (χ4v) is 3.47. The second kappa shape index (κ2) is 6.92. The van der Waals surface area contributed by atoms with E-state index in [4.69, 9.17) is 10.8 Å². The number of amides is 2. The predicted octanol–water partition coefficient (Wildman–Crippen LogP) is 1.01. The van der Waals surface area contributed by atoms with Gasteiger partial charge in [-0.15, -0.1) is 0 Å². The maximum absolute atomic E-state index is 11.4. The molecule has 0 spiro atoms. The molecule has 1 saturated heterocycles. The molecule has 2 unspecified atom stereocenters. The Labute approximate surface area is 119 Å². The SMILES string of the molecule is NC(=O)N1CC(CC(=O)O)CC(NCC2CCCC2)C1. The maximum Gasteiger partial charge on any atom is 0.314 e. The van der Waals surface area contributed by atoms with E-state index in [0.29, 0.717) is 13.1 Å². The van der Waals surface area contributed by atoms with Crippen LogP contribution in [0.3, 0.4) is 0 Å². The molecular weight excluding hydrogens is 258 g/mol. The van der Waals surface area contributed by atoms with E-state index in [2.05, 4.69) is 5.32 Å². The van der Waals surface area contributed by atoms with Gasteiger partial charge in [-0.1, -0.05) is 12.8 Å². The number of nitrogens with one attached hydrogen (secondary N) is 1. The van der Waals surface area contributed by atoms with Crippen molar-refractivity contribution in [2.45, 2.75) is 44.6 Å². The van der Waals surface area contributed by atoms with Gasteiger partial charge < -0.3 is 21.1 Å². The summed E-state index contributed by atoms with van der Waals surface area (Å²) >= 11 is 0. The second-order valence-electron chi connectivity index (χ2n) is 6.20. The summed E-state index contributed by atoms with van der Waals surface area (Å²) in [7, 11) is 0. The highest BCUT2D eigenvalue weighted by molar-refractivity contribution is 5.72. The lowest BCUT2D eigenvalue weighted by molar-refractivity contribution is -0.138. The van der Waals surface area contributed by atoms with Gasteiger partial charge in [-0.2, -0.15) is 0 Å². The van der Waals surface area contributed by atoms with Crippen molar-refractivity contribution in [3.05, 3.63) is 0 Å². The number of nitrogens with two attached hydrogens (primary N) is 1. The zero-order chi connectivity index (χ0) is 14.5. The van der Waals surface area contributed by atoms with Crippen LogP contribution in [0.1, 0.15) is 38.5 Å². The highest BCUT2D eigenvalue weighted by atomic mass is 16.4. The van der Waals surface area contributed by atoms with Crippen molar-refractivity contribution in [2.75, 3.05) is 19.6 Å². The van der Waals surface area contributed by atoms with E-state index >= 15 is 0 Å². The molecule has 0 aromatic carbocycles. The summed E-state index contributed by atoms with van der Waals surface area (Å²) in [5, 5.41) is 12.4. The molecule has 4 N–H and O–H groups in total. The molecule has 1 aliphatic heterocycles. The van der Waals surface area contributed by atoms with Crippen LogP contribution < -0.4 is 11.1 Å². The van der Waals surface area contributed by atoms with Gasteiger partial charge in [-0.25, -0.2) is 4.79 Å². The van der Waals surface area contributed by atoms with Gasteiger partial charge >= 0.3 is 12.0 Å². The van der Waals surface area contributed by atoms with Crippen molar-refractivity contribution in [1.29, 1.82) is 0 Å². The predicted molar refractivity (Wildman–Crippen MR) is 75.3 cm³/mol. The number of urea groups is 1. The molecule has 0 radical (unpaired) electrons. The number of nitrogens with zero attached hydrogens (tertiary/aromatic N) is 1. The van der Waals surface area contributed by atoms with E-state index < -0.39 is 12.0 Å². The van der Waals surface area contributed by atoms with Crippen LogP contribution in [0.15, 0.2) is 0 Å². The first-order valence-electron chi connectivity index (χ1n) is 7.54. The molecule has 0 aromatic rings. The molecule has 1 heterocycles. The van der Waals surface area contributed by atoms with E-state index in [1.54, 1.807) is 4.90 Å². The quantitative estimate of drug-likeness (QED) is 0.701. The van der Waals surface area contributed by atoms with Gasteiger partial charge in [0.25, 0.3) is 0 Å². The summed E-state index contributed by atoms with van der Waals surface area (Å²) in [5.41, 5.74) is 5.35. The number of hydrogen-bond donors (Lipinski definition) is 3. The van der Waals surface area contributed by atoms with Crippen LogP contribution in [-0.4, -0.2) is 47.7 Å². The average Bonchev–Trinajstić information content (AvgIpc) is 2.88. The number of aliphatic carboxylic acids is 1. The second-order valence-corrected chi connectivity index (χ2v) is 6.20. The Bertz CT molecular complexity index is 356. The van der Waals surface area contributed by atoms with E-state index in [1.165, 1.54) is 25.7 Å². The number of carbonyl (C=O) groups is 2. The minimum Gasteiger partial charge on any atom is -0.481 e. The summed E-state index contributed by atoms with van der Waals surface area (Å²) in [4.78, 5) is 23.8. The molecular formula is C14H25N3O3. The lowest BCUT2D eigenvalue weighted by Gasteiger charge is -2.37. The normalized spacial score (nSPS) is 27.7. The molecule has 6 nitrogen and oxygen atoms in total. The van der Waals surface area contributed by atoms with Crippen LogP contribution in [0.2, 0.25) is 0 Å². The molecule has 2 atom stereocenters. The Morgan fingerprint density at radius 1 is 1.20 bits per heavy atom. The Kier molecular flexibility index (Phi) is 5.23. The number of rotatable bonds is 5. The van der Waals surface area contributed by atoms with Gasteiger partial charge in [0.1, 0.15) is 0 Å². The van der Waals surface area contributed by atoms with Crippen molar-refractivity contribution in [1.82, 2.24) is 10.2 Å². The van der Waals surface area contributed by atoms with Crippen molar-refractivity contribution in [3.63, 3.8) is 0 Å². The number of likely N-dealkylation sites (tertiary alicyclic amines) is 1. The molecule has 6 heteroatoms. The smallest absolute Gasteiger partial charge is 0.314 e. The van der Waals surface area contributed by atoms with E-state index in [-0.39, 0.29) is 18.4 Å². The molecule has 1 aliphatic carbocycles. The van der Waals surface area contributed by atoms with Gasteiger partial charge in [0.15, 0.2) is 0 Å². The molecule has 2 fully saturated rings. The van der Waals surface area contributed by atoms with Crippen molar-refractivity contribution in [2.24, 2.45) is 17.6 Å². The number of primary amides is 1. The zero-order valence-corrected chi connectivity index (χ0v) is 11.9. The first-order chi connectivity index (χ1) is 9.54.